The Hall–Kier alpha value is -1.70. The first-order chi connectivity index (χ1) is 7.45. The lowest BCUT2D eigenvalue weighted by atomic mass is 10.1. The maximum absolute atomic E-state index is 5.70. The maximum atomic E-state index is 5.70. The number of rotatable bonds is 6. The van der Waals surface area contributed by atoms with Gasteiger partial charge in [-0.05, 0) is 31.9 Å². The zero-order chi connectivity index (χ0) is 12.6. The summed E-state index contributed by atoms with van der Waals surface area (Å²) in [6, 6.07) is 0. The Morgan fingerprint density at radius 3 is 2.25 bits per heavy atom. The molecule has 0 aliphatic rings. The van der Waals surface area contributed by atoms with E-state index in [0.717, 1.165) is 24.1 Å². The van der Waals surface area contributed by atoms with Crippen LogP contribution in [-0.4, -0.2) is 0 Å². The zero-order valence-corrected chi connectivity index (χ0v) is 10.3. The quantitative estimate of drug-likeness (QED) is 0.673. The van der Waals surface area contributed by atoms with E-state index in [4.69, 9.17) is 11.5 Å². The highest BCUT2D eigenvalue weighted by Crippen LogP contribution is 2.10. The maximum Gasteiger partial charge on any atom is 0.0241 e. The molecular weight excluding hydrogens is 196 g/mol. The van der Waals surface area contributed by atoms with Crippen LogP contribution in [0.3, 0.4) is 0 Å². The lowest BCUT2D eigenvalue weighted by molar-refractivity contribution is 1.06. The minimum absolute atomic E-state index is 0.540. The highest BCUT2D eigenvalue weighted by molar-refractivity contribution is 5.27. The van der Waals surface area contributed by atoms with Crippen molar-refractivity contribution in [3.63, 3.8) is 0 Å². The van der Waals surface area contributed by atoms with Crippen LogP contribution in [0.4, 0.5) is 0 Å². The van der Waals surface area contributed by atoms with E-state index < -0.39 is 0 Å². The second kappa shape index (κ2) is 7.57. The van der Waals surface area contributed by atoms with Crippen LogP contribution in [0.1, 0.15) is 26.7 Å². The molecule has 0 unspecified atom stereocenters. The largest absolute Gasteiger partial charge is 0.402 e. The molecule has 0 amide bonds. The SMILES string of the molecule is C=C(N)/C=C\C(=C)C/C(C)=C/C=C(/N)CC. The summed E-state index contributed by atoms with van der Waals surface area (Å²) >= 11 is 0. The Morgan fingerprint density at radius 2 is 1.75 bits per heavy atom. The van der Waals surface area contributed by atoms with Crippen molar-refractivity contribution in [1.29, 1.82) is 0 Å². The van der Waals surface area contributed by atoms with E-state index in [1.54, 1.807) is 6.08 Å². The van der Waals surface area contributed by atoms with Crippen molar-refractivity contribution in [3.05, 3.63) is 60.0 Å². The fourth-order valence-corrected chi connectivity index (χ4v) is 1.07. The van der Waals surface area contributed by atoms with Crippen molar-refractivity contribution in [3.8, 4) is 0 Å². The molecule has 0 aliphatic carbocycles. The van der Waals surface area contributed by atoms with Crippen molar-refractivity contribution in [2.45, 2.75) is 26.7 Å². The summed E-state index contributed by atoms with van der Waals surface area (Å²) in [5.41, 5.74) is 14.8. The molecule has 88 valence electrons. The van der Waals surface area contributed by atoms with Crippen molar-refractivity contribution < 1.29 is 0 Å². The summed E-state index contributed by atoms with van der Waals surface area (Å²) in [6.45, 7) is 11.6. The molecule has 0 saturated carbocycles. The van der Waals surface area contributed by atoms with E-state index >= 15 is 0 Å². The van der Waals surface area contributed by atoms with E-state index in [-0.39, 0.29) is 0 Å². The Morgan fingerprint density at radius 1 is 1.12 bits per heavy atom. The standard InChI is InChI=1S/C14H22N2/c1-5-14(16)9-7-12(3)10-11(2)6-8-13(4)15/h6-9H,2,4-5,10,15-16H2,1,3H3/b8-6-,12-7+,14-9+. The molecule has 0 saturated heterocycles. The van der Waals surface area contributed by atoms with Gasteiger partial charge in [-0.2, -0.15) is 0 Å². The Balaban J connectivity index is 4.29. The highest BCUT2D eigenvalue weighted by Gasteiger charge is 1.92. The highest BCUT2D eigenvalue weighted by atomic mass is 14.6. The molecule has 0 aliphatic heterocycles. The molecule has 0 aromatic heterocycles. The Bertz CT molecular complexity index is 344. The molecule has 0 spiro atoms. The molecule has 0 aromatic rings. The lowest BCUT2D eigenvalue weighted by Crippen LogP contribution is -1.93. The van der Waals surface area contributed by atoms with Gasteiger partial charge < -0.3 is 11.5 Å². The van der Waals surface area contributed by atoms with Gasteiger partial charge in [0.1, 0.15) is 0 Å². The Kier molecular flexibility index (Phi) is 6.77. The van der Waals surface area contributed by atoms with Gasteiger partial charge >= 0.3 is 0 Å². The molecule has 16 heavy (non-hydrogen) atoms. The summed E-state index contributed by atoms with van der Waals surface area (Å²) < 4.78 is 0. The molecule has 4 N–H and O–H groups in total. The van der Waals surface area contributed by atoms with Crippen molar-refractivity contribution in [1.82, 2.24) is 0 Å². The molecule has 0 aromatic carbocycles. The topological polar surface area (TPSA) is 52.0 Å². The van der Waals surface area contributed by atoms with Crippen molar-refractivity contribution in [2.24, 2.45) is 11.5 Å². The predicted octanol–water partition coefficient (Wildman–Crippen LogP) is 3.16. The van der Waals surface area contributed by atoms with Gasteiger partial charge in [-0.3, -0.25) is 0 Å². The van der Waals surface area contributed by atoms with Gasteiger partial charge in [-0.1, -0.05) is 43.4 Å². The van der Waals surface area contributed by atoms with Gasteiger partial charge in [-0.25, -0.2) is 0 Å². The van der Waals surface area contributed by atoms with Gasteiger partial charge in [0, 0.05) is 11.4 Å². The number of hydrogen-bond acceptors (Lipinski definition) is 2. The minimum atomic E-state index is 0.540. The molecule has 0 atom stereocenters. The second-order valence-electron chi connectivity index (χ2n) is 3.85. The van der Waals surface area contributed by atoms with Crippen molar-refractivity contribution in [2.75, 3.05) is 0 Å². The first-order valence-corrected chi connectivity index (χ1v) is 5.37. The first kappa shape index (κ1) is 14.3. The number of nitrogens with two attached hydrogens (primary N) is 2. The van der Waals surface area contributed by atoms with Gasteiger partial charge in [-0.15, -0.1) is 0 Å². The fourth-order valence-electron chi connectivity index (χ4n) is 1.07. The summed E-state index contributed by atoms with van der Waals surface area (Å²) in [7, 11) is 0. The van der Waals surface area contributed by atoms with Crippen LogP contribution in [0.25, 0.3) is 0 Å². The molecule has 0 rings (SSSR count). The number of hydrogen-bond donors (Lipinski definition) is 2. The number of allylic oxidation sites excluding steroid dienone is 7. The van der Waals surface area contributed by atoms with Gasteiger partial charge in [0.25, 0.3) is 0 Å². The van der Waals surface area contributed by atoms with E-state index in [0.29, 0.717) is 5.70 Å². The monoisotopic (exact) mass is 218 g/mol. The third kappa shape index (κ3) is 7.68. The summed E-state index contributed by atoms with van der Waals surface area (Å²) in [5, 5.41) is 0. The first-order valence-electron chi connectivity index (χ1n) is 5.37. The van der Waals surface area contributed by atoms with Crippen LogP contribution in [0.15, 0.2) is 60.0 Å². The summed E-state index contributed by atoms with van der Waals surface area (Å²) in [5.74, 6) is 0. The van der Waals surface area contributed by atoms with Crippen LogP contribution in [0.5, 0.6) is 0 Å². The van der Waals surface area contributed by atoms with Gasteiger partial charge in [0.15, 0.2) is 0 Å². The van der Waals surface area contributed by atoms with Crippen molar-refractivity contribution >= 4 is 0 Å². The van der Waals surface area contributed by atoms with E-state index in [1.165, 1.54) is 5.57 Å². The average Bonchev–Trinajstić information content (AvgIpc) is 2.23. The van der Waals surface area contributed by atoms with Crippen LogP contribution in [0, 0.1) is 0 Å². The molecule has 2 nitrogen and oxygen atoms in total. The van der Waals surface area contributed by atoms with Crippen LogP contribution in [0.2, 0.25) is 0 Å². The third-order valence-corrected chi connectivity index (χ3v) is 2.03. The fraction of sp³-hybridized carbons (Fsp3) is 0.286. The molecule has 2 heteroatoms. The van der Waals surface area contributed by atoms with Gasteiger partial charge in [0.2, 0.25) is 0 Å². The second-order valence-corrected chi connectivity index (χ2v) is 3.85. The molecule has 0 fully saturated rings. The molecule has 0 radical (unpaired) electrons. The van der Waals surface area contributed by atoms with Crippen LogP contribution >= 0.6 is 0 Å². The van der Waals surface area contributed by atoms with Gasteiger partial charge in [0.05, 0.1) is 0 Å². The normalized spacial score (nSPS) is 13.1. The van der Waals surface area contributed by atoms with E-state index in [1.807, 2.05) is 25.2 Å². The van der Waals surface area contributed by atoms with E-state index in [9.17, 15) is 0 Å². The lowest BCUT2D eigenvalue weighted by Gasteiger charge is -2.00. The molecular formula is C14H22N2. The average molecular weight is 218 g/mol. The zero-order valence-electron chi connectivity index (χ0n) is 10.3. The van der Waals surface area contributed by atoms with Crippen LogP contribution in [-0.2, 0) is 0 Å². The molecule has 0 heterocycles. The summed E-state index contributed by atoms with van der Waals surface area (Å²) in [4.78, 5) is 0. The smallest absolute Gasteiger partial charge is 0.0241 e. The summed E-state index contributed by atoms with van der Waals surface area (Å²) in [6.07, 6.45) is 9.29. The molecule has 0 bridgehead atoms. The predicted molar refractivity (Wildman–Crippen MR) is 72.5 cm³/mol. The minimum Gasteiger partial charge on any atom is -0.402 e. The Labute approximate surface area is 98.7 Å². The van der Waals surface area contributed by atoms with E-state index in [2.05, 4.69) is 20.1 Å². The van der Waals surface area contributed by atoms with Crippen LogP contribution < -0.4 is 11.5 Å². The third-order valence-electron chi connectivity index (χ3n) is 2.03.